The van der Waals surface area contributed by atoms with Crippen LogP contribution in [0.2, 0.25) is 0 Å². The predicted octanol–water partition coefficient (Wildman–Crippen LogP) is 4.64. The zero-order valence-electron chi connectivity index (χ0n) is 15.7. The Kier molecular flexibility index (Phi) is 2.15. The van der Waals surface area contributed by atoms with Crippen molar-refractivity contribution in [2.45, 2.75) is 24.7 Å². The van der Waals surface area contributed by atoms with E-state index in [0.717, 1.165) is 24.8 Å². The van der Waals surface area contributed by atoms with Gasteiger partial charge in [0.1, 0.15) is 5.75 Å². The fourth-order valence-corrected chi connectivity index (χ4v) is 6.89. The molecule has 0 saturated carbocycles. The lowest BCUT2D eigenvalue weighted by Gasteiger charge is -2.42. The number of phenols is 1. The number of carbonyl (C=O) groups excluding carboxylic acids is 1. The highest BCUT2D eigenvalue weighted by atomic mass is 16.3. The summed E-state index contributed by atoms with van der Waals surface area (Å²) in [6, 6.07) is 16.8. The van der Waals surface area contributed by atoms with Crippen molar-refractivity contribution in [2.75, 3.05) is 0 Å². The highest BCUT2D eigenvalue weighted by Gasteiger charge is 2.58. The van der Waals surface area contributed by atoms with Gasteiger partial charge in [-0.3, -0.25) is 4.79 Å². The molecule has 0 unspecified atom stereocenters. The summed E-state index contributed by atoms with van der Waals surface area (Å²) in [5.74, 6) is 0.462. The molecule has 5 aliphatic rings. The molecule has 0 heterocycles. The molecule has 0 fully saturated rings. The first-order valence-corrected chi connectivity index (χ1v) is 10.3. The lowest BCUT2D eigenvalue weighted by atomic mass is 9.58. The van der Waals surface area contributed by atoms with Crippen molar-refractivity contribution in [3.05, 3.63) is 105 Å². The van der Waals surface area contributed by atoms with E-state index in [2.05, 4.69) is 36.4 Å². The molecule has 29 heavy (non-hydrogen) atoms. The molecule has 1 atom stereocenters. The number of ketones is 1. The standard InChI is InChI=1S/C27H16O2/c28-19-7-5-17(6-8-19)27-18-10-16-4-3-14-9-13-1-2-15-11-20(21(29)12-18)26(27)24(15)22(13)23(14)25(16)27/h1-8,12,28H,9-11H2/t27-/m1/s1. The monoisotopic (exact) mass is 372 g/mol. The Bertz CT molecular complexity index is 1430. The van der Waals surface area contributed by atoms with Gasteiger partial charge in [0, 0.05) is 12.0 Å². The maximum Gasteiger partial charge on any atom is 0.182 e. The van der Waals surface area contributed by atoms with E-state index in [1.54, 1.807) is 12.1 Å². The summed E-state index contributed by atoms with van der Waals surface area (Å²) in [4.78, 5) is 13.2. The van der Waals surface area contributed by atoms with Gasteiger partial charge in [0.05, 0.1) is 5.41 Å². The van der Waals surface area contributed by atoms with E-state index in [9.17, 15) is 9.90 Å². The number of hydrogen-bond acceptors (Lipinski definition) is 2. The van der Waals surface area contributed by atoms with Gasteiger partial charge in [0.2, 0.25) is 0 Å². The molecule has 3 aromatic carbocycles. The second-order valence-electron chi connectivity index (χ2n) is 8.98. The van der Waals surface area contributed by atoms with Gasteiger partial charge in [-0.1, -0.05) is 36.4 Å². The third-order valence-electron chi connectivity index (χ3n) is 7.82. The van der Waals surface area contributed by atoms with E-state index < -0.39 is 0 Å². The lowest BCUT2D eigenvalue weighted by molar-refractivity contribution is -0.111. The summed E-state index contributed by atoms with van der Waals surface area (Å²) in [7, 11) is 0. The van der Waals surface area contributed by atoms with Crippen LogP contribution in [0.4, 0.5) is 0 Å². The molecule has 2 heteroatoms. The molecule has 0 radical (unpaired) electrons. The fraction of sp³-hybridized carbons (Fsp3) is 0.148. The average molecular weight is 372 g/mol. The van der Waals surface area contributed by atoms with Crippen molar-refractivity contribution in [3.8, 4) is 16.9 Å². The highest BCUT2D eigenvalue weighted by Crippen LogP contribution is 2.68. The van der Waals surface area contributed by atoms with Crippen LogP contribution in [0.3, 0.4) is 0 Å². The molecule has 1 N–H and O–H groups in total. The molecule has 0 aliphatic heterocycles. The zero-order chi connectivity index (χ0) is 19.1. The van der Waals surface area contributed by atoms with Crippen LogP contribution in [0.1, 0.15) is 38.9 Å². The molecule has 0 amide bonds. The Morgan fingerprint density at radius 3 is 2.21 bits per heavy atom. The van der Waals surface area contributed by atoms with Crippen LogP contribution < -0.4 is 0 Å². The second kappa shape index (κ2) is 4.28. The van der Waals surface area contributed by atoms with Crippen LogP contribution in [-0.2, 0) is 29.5 Å². The first kappa shape index (κ1) is 14.6. The Hall–Kier alpha value is -3.39. The van der Waals surface area contributed by atoms with Gasteiger partial charge < -0.3 is 5.11 Å². The quantitative estimate of drug-likeness (QED) is 0.529. The van der Waals surface area contributed by atoms with E-state index in [4.69, 9.17) is 0 Å². The number of benzene rings is 3. The maximum atomic E-state index is 13.2. The summed E-state index contributed by atoms with van der Waals surface area (Å²) < 4.78 is 0. The third-order valence-corrected chi connectivity index (χ3v) is 7.82. The van der Waals surface area contributed by atoms with Gasteiger partial charge in [-0.15, -0.1) is 0 Å². The van der Waals surface area contributed by atoms with Crippen molar-refractivity contribution in [1.82, 2.24) is 0 Å². The highest BCUT2D eigenvalue weighted by molar-refractivity contribution is 6.21. The topological polar surface area (TPSA) is 37.3 Å². The van der Waals surface area contributed by atoms with Crippen LogP contribution in [-0.4, -0.2) is 10.9 Å². The number of phenolic OH excluding ortho intramolecular Hbond substituents is 1. The van der Waals surface area contributed by atoms with Crippen molar-refractivity contribution in [2.24, 2.45) is 0 Å². The Labute approximate surface area is 167 Å². The molecule has 2 nitrogen and oxygen atoms in total. The van der Waals surface area contributed by atoms with E-state index in [1.165, 1.54) is 61.2 Å². The van der Waals surface area contributed by atoms with E-state index in [-0.39, 0.29) is 16.9 Å². The molecule has 0 spiro atoms. The van der Waals surface area contributed by atoms with Crippen LogP contribution >= 0.6 is 0 Å². The van der Waals surface area contributed by atoms with Gasteiger partial charge in [-0.2, -0.15) is 0 Å². The molecule has 5 aliphatic carbocycles. The Morgan fingerprint density at radius 1 is 0.724 bits per heavy atom. The molecular formula is C27H16O2. The number of carbonyl (C=O) groups is 1. The van der Waals surface area contributed by atoms with E-state index in [1.807, 2.05) is 6.08 Å². The molecular weight excluding hydrogens is 356 g/mol. The van der Waals surface area contributed by atoms with E-state index >= 15 is 0 Å². The van der Waals surface area contributed by atoms with Gasteiger partial charge in [0.15, 0.2) is 5.78 Å². The third kappa shape index (κ3) is 1.35. The first-order valence-electron chi connectivity index (χ1n) is 10.3. The summed E-state index contributed by atoms with van der Waals surface area (Å²) in [5, 5.41) is 9.96. The lowest BCUT2D eigenvalue weighted by Crippen LogP contribution is -2.35. The summed E-state index contributed by atoms with van der Waals surface area (Å²) in [6.07, 6.45) is 4.46. The van der Waals surface area contributed by atoms with Crippen molar-refractivity contribution < 1.29 is 9.90 Å². The Balaban J connectivity index is 1.65. The fourth-order valence-electron chi connectivity index (χ4n) is 6.89. The van der Waals surface area contributed by atoms with Crippen LogP contribution in [0.25, 0.3) is 16.7 Å². The molecule has 0 aromatic heterocycles. The number of rotatable bonds is 1. The SMILES string of the molecule is O=C1C=C2Cc3ccc4c5c3[C@]2(c2ccc(O)cc2)C2=C1Cc1ccc(c-5c12)C4. The Morgan fingerprint density at radius 2 is 1.41 bits per heavy atom. The number of hydrogen-bond donors (Lipinski definition) is 1. The molecule has 136 valence electrons. The van der Waals surface area contributed by atoms with Crippen LogP contribution in [0.15, 0.2) is 65.8 Å². The van der Waals surface area contributed by atoms with Gasteiger partial charge in [-0.25, -0.2) is 0 Å². The molecule has 0 bridgehead atoms. The zero-order valence-corrected chi connectivity index (χ0v) is 15.7. The summed E-state index contributed by atoms with van der Waals surface area (Å²) in [5.41, 5.74) is 15.2. The molecule has 3 aromatic rings. The minimum absolute atomic E-state index is 0.184. The first-order chi connectivity index (χ1) is 14.2. The van der Waals surface area contributed by atoms with Crippen LogP contribution in [0.5, 0.6) is 5.75 Å². The van der Waals surface area contributed by atoms with Crippen molar-refractivity contribution >= 4 is 11.4 Å². The number of allylic oxidation sites excluding steroid dienone is 4. The average Bonchev–Trinajstić information content (AvgIpc) is 3.37. The largest absolute Gasteiger partial charge is 0.508 e. The normalized spacial score (nSPS) is 23.2. The summed E-state index contributed by atoms with van der Waals surface area (Å²) in [6.45, 7) is 0. The minimum Gasteiger partial charge on any atom is -0.508 e. The number of aromatic hydroxyl groups is 1. The van der Waals surface area contributed by atoms with Crippen molar-refractivity contribution in [3.63, 3.8) is 0 Å². The predicted molar refractivity (Wildman–Crippen MR) is 111 cm³/mol. The van der Waals surface area contributed by atoms with Crippen LogP contribution in [0, 0.1) is 0 Å². The molecule has 0 saturated heterocycles. The van der Waals surface area contributed by atoms with Gasteiger partial charge in [-0.05, 0) is 92.3 Å². The van der Waals surface area contributed by atoms with Crippen molar-refractivity contribution in [1.29, 1.82) is 0 Å². The van der Waals surface area contributed by atoms with Gasteiger partial charge in [0.25, 0.3) is 0 Å². The molecule has 8 rings (SSSR count). The maximum absolute atomic E-state index is 13.2. The van der Waals surface area contributed by atoms with E-state index in [0.29, 0.717) is 0 Å². The second-order valence-corrected chi connectivity index (χ2v) is 8.98. The minimum atomic E-state index is -0.376. The van der Waals surface area contributed by atoms with Gasteiger partial charge >= 0.3 is 0 Å². The summed E-state index contributed by atoms with van der Waals surface area (Å²) >= 11 is 0. The smallest absolute Gasteiger partial charge is 0.182 e.